The summed E-state index contributed by atoms with van der Waals surface area (Å²) in [5, 5.41) is 0. The van der Waals surface area contributed by atoms with E-state index in [1.807, 2.05) is 13.8 Å². The highest BCUT2D eigenvalue weighted by atomic mass is 35.5. The quantitative estimate of drug-likeness (QED) is 0.512. The van der Waals surface area contributed by atoms with E-state index >= 15 is 0 Å². The number of halogens is 1. The van der Waals surface area contributed by atoms with Gasteiger partial charge >= 0.3 is 5.43 Å². The molecule has 0 amide bonds. The predicted molar refractivity (Wildman–Crippen MR) is 59.6 cm³/mol. The van der Waals surface area contributed by atoms with Crippen molar-refractivity contribution in [1.82, 2.24) is 0 Å². The Kier molecular flexibility index (Phi) is 5.55. The molecule has 0 bridgehead atoms. The zero-order chi connectivity index (χ0) is 11.2. The molecule has 1 atom stereocenters. The summed E-state index contributed by atoms with van der Waals surface area (Å²) < 4.78 is 4.95. The molecule has 2 nitrogen and oxygen atoms in total. The van der Waals surface area contributed by atoms with E-state index in [9.17, 15) is 4.79 Å². The van der Waals surface area contributed by atoms with E-state index in [0.717, 1.165) is 6.42 Å². The van der Waals surface area contributed by atoms with E-state index in [2.05, 4.69) is 12.7 Å². The predicted octanol–water partition coefficient (Wildman–Crippen LogP) is 4.05. The van der Waals surface area contributed by atoms with Gasteiger partial charge in [-0.25, -0.2) is 4.79 Å². The lowest BCUT2D eigenvalue weighted by Crippen LogP contribution is -2.26. The maximum atomic E-state index is 10.6. The molecule has 0 aliphatic rings. The minimum Gasteiger partial charge on any atom is -0.443 e. The first-order valence-electron chi connectivity index (χ1n) is 4.55. The molecule has 0 N–H and O–H groups in total. The maximum absolute atomic E-state index is 10.6. The van der Waals surface area contributed by atoms with E-state index in [-0.39, 0.29) is 0 Å². The monoisotopic (exact) mass is 216 g/mol. The minimum atomic E-state index is -0.787. The highest BCUT2D eigenvalue weighted by Gasteiger charge is 2.23. The van der Waals surface area contributed by atoms with E-state index in [4.69, 9.17) is 16.3 Å². The van der Waals surface area contributed by atoms with Crippen molar-refractivity contribution in [2.75, 3.05) is 0 Å². The van der Waals surface area contributed by atoms with Gasteiger partial charge in [-0.1, -0.05) is 18.2 Å². The molecule has 0 aromatic carbocycles. The van der Waals surface area contributed by atoms with Crippen molar-refractivity contribution in [3.63, 3.8) is 0 Å². The first-order valence-corrected chi connectivity index (χ1v) is 4.93. The Hall–Kier alpha value is -0.760. The molecular formula is C11H17ClO2. The zero-order valence-corrected chi connectivity index (χ0v) is 9.73. The lowest BCUT2D eigenvalue weighted by Gasteiger charge is -2.23. The van der Waals surface area contributed by atoms with Crippen LogP contribution in [0.2, 0.25) is 0 Å². The van der Waals surface area contributed by atoms with Gasteiger partial charge in [-0.15, -0.1) is 0 Å². The molecule has 3 heteroatoms. The number of hydrogen-bond acceptors (Lipinski definition) is 2. The number of rotatable bonds is 5. The highest BCUT2D eigenvalue weighted by Crippen LogP contribution is 2.21. The molecule has 0 saturated heterocycles. The van der Waals surface area contributed by atoms with Crippen molar-refractivity contribution in [3.05, 3.63) is 24.3 Å². The van der Waals surface area contributed by atoms with Gasteiger partial charge in [-0.3, -0.25) is 0 Å². The largest absolute Gasteiger partial charge is 0.443 e. The second-order valence-electron chi connectivity index (χ2n) is 3.68. The molecule has 14 heavy (non-hydrogen) atoms. The van der Waals surface area contributed by atoms with Crippen LogP contribution in [-0.2, 0) is 4.74 Å². The van der Waals surface area contributed by atoms with Gasteiger partial charge in [-0.05, 0) is 39.7 Å². The molecule has 0 spiro atoms. The Morgan fingerprint density at radius 1 is 1.57 bits per heavy atom. The first kappa shape index (κ1) is 13.2. The van der Waals surface area contributed by atoms with Crippen LogP contribution in [0.4, 0.5) is 4.79 Å². The Labute approximate surface area is 90.6 Å². The fourth-order valence-corrected chi connectivity index (χ4v) is 1.20. The molecule has 0 aromatic heterocycles. The fourth-order valence-electron chi connectivity index (χ4n) is 1.03. The van der Waals surface area contributed by atoms with Crippen molar-refractivity contribution in [3.8, 4) is 0 Å². The van der Waals surface area contributed by atoms with Crippen LogP contribution in [-0.4, -0.2) is 11.0 Å². The molecule has 0 fully saturated rings. The van der Waals surface area contributed by atoms with E-state index in [0.29, 0.717) is 6.42 Å². The molecule has 80 valence electrons. The molecule has 0 aromatic rings. The third kappa shape index (κ3) is 5.81. The number of hydrogen-bond donors (Lipinski definition) is 0. The third-order valence-corrected chi connectivity index (χ3v) is 2.02. The SMILES string of the molecule is C=CC(C)(CCC=C(C)C)OC(=O)Cl. The highest BCUT2D eigenvalue weighted by molar-refractivity contribution is 6.61. The summed E-state index contributed by atoms with van der Waals surface area (Å²) in [5.41, 5.74) is -0.205. The molecule has 0 aliphatic carbocycles. The molecule has 1 unspecified atom stereocenters. The lowest BCUT2D eigenvalue weighted by atomic mass is 9.99. The van der Waals surface area contributed by atoms with Crippen molar-refractivity contribution in [2.45, 2.75) is 39.2 Å². The average Bonchev–Trinajstić information content (AvgIpc) is 2.02. The molecule has 0 heterocycles. The summed E-state index contributed by atoms with van der Waals surface area (Å²) in [7, 11) is 0. The Bertz CT molecular complexity index is 242. The van der Waals surface area contributed by atoms with Gasteiger partial charge in [0.25, 0.3) is 0 Å². The van der Waals surface area contributed by atoms with Crippen LogP contribution in [0.15, 0.2) is 24.3 Å². The van der Waals surface area contributed by atoms with Gasteiger partial charge in [0.05, 0.1) is 0 Å². The smallest absolute Gasteiger partial charge is 0.404 e. The van der Waals surface area contributed by atoms with Crippen molar-refractivity contribution < 1.29 is 9.53 Å². The normalized spacial score (nSPS) is 14.0. The standard InChI is InChI=1S/C11H17ClO2/c1-5-11(4,14-10(12)13)8-6-7-9(2)3/h5,7H,1,6,8H2,2-4H3. The van der Waals surface area contributed by atoms with Crippen molar-refractivity contribution in [1.29, 1.82) is 0 Å². The van der Waals surface area contributed by atoms with E-state index in [1.54, 1.807) is 13.0 Å². The summed E-state index contributed by atoms with van der Waals surface area (Å²) in [6.45, 7) is 9.47. The van der Waals surface area contributed by atoms with Crippen LogP contribution in [0.25, 0.3) is 0 Å². The van der Waals surface area contributed by atoms with Crippen LogP contribution in [0, 0.1) is 0 Å². The summed E-state index contributed by atoms with van der Waals surface area (Å²) in [6.07, 6.45) is 5.23. The minimum absolute atomic E-state index is 0.662. The summed E-state index contributed by atoms with van der Waals surface area (Å²) in [5.74, 6) is 0. The van der Waals surface area contributed by atoms with Gasteiger partial charge in [0.2, 0.25) is 0 Å². The van der Waals surface area contributed by atoms with Gasteiger partial charge < -0.3 is 4.74 Å². The number of allylic oxidation sites excluding steroid dienone is 2. The topological polar surface area (TPSA) is 26.3 Å². The summed E-state index contributed by atoms with van der Waals surface area (Å²) >= 11 is 5.16. The van der Waals surface area contributed by atoms with Crippen LogP contribution < -0.4 is 0 Å². The zero-order valence-electron chi connectivity index (χ0n) is 8.97. The van der Waals surface area contributed by atoms with Crippen LogP contribution in [0.5, 0.6) is 0 Å². The molecule has 0 radical (unpaired) electrons. The maximum Gasteiger partial charge on any atom is 0.404 e. The van der Waals surface area contributed by atoms with E-state index < -0.39 is 11.0 Å². The third-order valence-electron chi connectivity index (χ3n) is 1.94. The first-order chi connectivity index (χ1) is 6.39. The lowest BCUT2D eigenvalue weighted by molar-refractivity contribution is 0.0742. The second-order valence-corrected chi connectivity index (χ2v) is 3.99. The Morgan fingerprint density at radius 3 is 2.50 bits per heavy atom. The molecule has 0 aliphatic heterocycles. The number of carbonyl (C=O) groups is 1. The average molecular weight is 217 g/mol. The van der Waals surface area contributed by atoms with Gasteiger partial charge in [0, 0.05) is 11.6 Å². The molecule has 0 saturated carbocycles. The van der Waals surface area contributed by atoms with Gasteiger partial charge in [0.15, 0.2) is 0 Å². The summed E-state index contributed by atoms with van der Waals surface area (Å²) in [4.78, 5) is 10.6. The molecule has 0 rings (SSSR count). The Morgan fingerprint density at radius 2 is 2.14 bits per heavy atom. The Balaban J connectivity index is 4.19. The number of ether oxygens (including phenoxy) is 1. The van der Waals surface area contributed by atoms with Crippen LogP contribution >= 0.6 is 11.6 Å². The fraction of sp³-hybridized carbons (Fsp3) is 0.545. The van der Waals surface area contributed by atoms with Crippen LogP contribution in [0.1, 0.15) is 33.6 Å². The van der Waals surface area contributed by atoms with Crippen molar-refractivity contribution in [2.24, 2.45) is 0 Å². The molecular weight excluding hydrogens is 200 g/mol. The van der Waals surface area contributed by atoms with Crippen LogP contribution in [0.3, 0.4) is 0 Å². The second kappa shape index (κ2) is 5.86. The van der Waals surface area contributed by atoms with Gasteiger partial charge in [-0.2, -0.15) is 0 Å². The van der Waals surface area contributed by atoms with Crippen molar-refractivity contribution >= 4 is 17.0 Å². The number of carbonyl (C=O) groups excluding carboxylic acids is 1. The van der Waals surface area contributed by atoms with E-state index in [1.165, 1.54) is 5.57 Å². The summed E-state index contributed by atoms with van der Waals surface area (Å²) in [6, 6.07) is 0. The van der Waals surface area contributed by atoms with Gasteiger partial charge in [0.1, 0.15) is 5.60 Å².